The van der Waals surface area contributed by atoms with Crippen LogP contribution in [-0.2, 0) is 24.0 Å². The lowest BCUT2D eigenvalue weighted by Crippen LogP contribution is -2.56. The first-order valence-electron chi connectivity index (χ1n) is 9.66. The van der Waals surface area contributed by atoms with Crippen LogP contribution in [-0.4, -0.2) is 82.3 Å². The van der Waals surface area contributed by atoms with Crippen molar-refractivity contribution in [3.05, 3.63) is 0 Å². The van der Waals surface area contributed by atoms with Gasteiger partial charge in [-0.1, -0.05) is 0 Å². The van der Waals surface area contributed by atoms with E-state index in [1.807, 2.05) is 0 Å². The largest absolute Gasteiger partial charge is 0.481 e. The van der Waals surface area contributed by atoms with Crippen molar-refractivity contribution in [2.24, 2.45) is 22.2 Å². The summed E-state index contributed by atoms with van der Waals surface area (Å²) in [4.78, 5) is 62.3. The molecule has 0 bridgehead atoms. The smallest absolute Gasteiger partial charge is 0.326 e. The van der Waals surface area contributed by atoms with Crippen LogP contribution in [0.25, 0.3) is 0 Å². The molecular weight excluding hydrogens is 446 g/mol. The number of aliphatic carboxylic acids is 2. The second-order valence-corrected chi connectivity index (χ2v) is 7.23. The number of carboxylic acids is 2. The van der Waals surface area contributed by atoms with E-state index in [4.69, 9.17) is 22.3 Å². The van der Waals surface area contributed by atoms with Crippen molar-refractivity contribution < 1.29 is 34.2 Å². The lowest BCUT2D eigenvalue weighted by Gasteiger charge is -2.22. The summed E-state index contributed by atoms with van der Waals surface area (Å²) in [6.07, 6.45) is -0.0886. The van der Waals surface area contributed by atoms with Gasteiger partial charge in [-0.25, -0.2) is 4.79 Å². The Bertz CT molecular complexity index is 715. The maximum Gasteiger partial charge on any atom is 0.326 e. The Morgan fingerprint density at radius 1 is 0.938 bits per heavy atom. The number of rotatable bonds is 15. The van der Waals surface area contributed by atoms with Crippen molar-refractivity contribution in [3.63, 3.8) is 0 Å². The van der Waals surface area contributed by atoms with Gasteiger partial charge in [0.1, 0.15) is 18.1 Å². The van der Waals surface area contributed by atoms with Gasteiger partial charge in [0.2, 0.25) is 17.7 Å². The molecule has 0 aromatic heterocycles. The van der Waals surface area contributed by atoms with Gasteiger partial charge in [-0.2, -0.15) is 12.6 Å². The normalized spacial score (nSPS) is 14.2. The molecule has 0 saturated carbocycles. The fourth-order valence-corrected chi connectivity index (χ4v) is 2.58. The molecule has 0 saturated heterocycles. The molecular formula is C17H31N7O7S. The van der Waals surface area contributed by atoms with Crippen molar-refractivity contribution in [3.8, 4) is 0 Å². The highest BCUT2D eigenvalue weighted by molar-refractivity contribution is 7.80. The fourth-order valence-electron chi connectivity index (χ4n) is 2.32. The second kappa shape index (κ2) is 14.9. The third kappa shape index (κ3) is 11.9. The summed E-state index contributed by atoms with van der Waals surface area (Å²) in [5.74, 6) is -4.89. The van der Waals surface area contributed by atoms with Crippen molar-refractivity contribution in [2.45, 2.75) is 56.8 Å². The summed E-state index contributed by atoms with van der Waals surface area (Å²) in [5, 5.41) is 24.9. The quantitative estimate of drug-likeness (QED) is 0.0492. The molecule has 0 rings (SSSR count). The highest BCUT2D eigenvalue weighted by atomic mass is 32.1. The van der Waals surface area contributed by atoms with Crippen molar-refractivity contribution in [1.29, 1.82) is 0 Å². The van der Waals surface area contributed by atoms with Crippen LogP contribution in [0.5, 0.6) is 0 Å². The lowest BCUT2D eigenvalue weighted by atomic mass is 10.1. The second-order valence-electron chi connectivity index (χ2n) is 6.86. The van der Waals surface area contributed by atoms with Crippen LogP contribution in [0.4, 0.5) is 0 Å². The highest BCUT2D eigenvalue weighted by Gasteiger charge is 2.27. The highest BCUT2D eigenvalue weighted by Crippen LogP contribution is 2.01. The number of amides is 3. The van der Waals surface area contributed by atoms with Crippen molar-refractivity contribution in [1.82, 2.24) is 16.0 Å². The summed E-state index contributed by atoms with van der Waals surface area (Å²) in [6.45, 7) is 1.52. The Morgan fingerprint density at radius 3 is 2.03 bits per heavy atom. The van der Waals surface area contributed by atoms with E-state index >= 15 is 0 Å². The number of thiol groups is 1. The zero-order valence-corrected chi connectivity index (χ0v) is 18.5. The Balaban J connectivity index is 4.77. The van der Waals surface area contributed by atoms with Gasteiger partial charge in [-0.05, 0) is 26.2 Å². The van der Waals surface area contributed by atoms with Crippen LogP contribution in [0, 0.1) is 0 Å². The van der Waals surface area contributed by atoms with E-state index in [2.05, 4.69) is 33.6 Å². The molecule has 0 aliphatic rings. The topological polar surface area (TPSA) is 252 Å². The first kappa shape index (κ1) is 28.9. The van der Waals surface area contributed by atoms with Crippen LogP contribution in [0.2, 0.25) is 0 Å². The number of carbonyl (C=O) groups excluding carboxylic acids is 3. The predicted octanol–water partition coefficient (Wildman–Crippen LogP) is -3.28. The zero-order chi connectivity index (χ0) is 24.8. The van der Waals surface area contributed by atoms with Gasteiger partial charge in [0.25, 0.3) is 0 Å². The van der Waals surface area contributed by atoms with Gasteiger partial charge in [-0.15, -0.1) is 0 Å². The van der Waals surface area contributed by atoms with Gasteiger partial charge in [0.05, 0.1) is 6.04 Å². The molecule has 0 spiro atoms. The van der Waals surface area contributed by atoms with E-state index in [0.717, 1.165) is 0 Å². The molecule has 0 heterocycles. The number of carbonyl (C=O) groups is 5. The molecule has 182 valence electrons. The third-order valence-corrected chi connectivity index (χ3v) is 4.50. The van der Waals surface area contributed by atoms with E-state index in [9.17, 15) is 29.1 Å². The lowest BCUT2D eigenvalue weighted by molar-refractivity contribution is -0.142. The molecule has 11 N–H and O–H groups in total. The first-order valence-corrected chi connectivity index (χ1v) is 10.3. The number of hydrogen-bond donors (Lipinski definition) is 9. The summed E-state index contributed by atoms with van der Waals surface area (Å²) in [7, 11) is 0. The maximum absolute atomic E-state index is 12.4. The van der Waals surface area contributed by atoms with Gasteiger partial charge < -0.3 is 43.4 Å². The van der Waals surface area contributed by atoms with Crippen molar-refractivity contribution in [2.75, 3.05) is 12.3 Å². The number of nitrogens with one attached hydrogen (secondary N) is 3. The predicted molar refractivity (Wildman–Crippen MR) is 118 cm³/mol. The minimum absolute atomic E-state index is 0.0576. The molecule has 0 fully saturated rings. The molecule has 4 atom stereocenters. The van der Waals surface area contributed by atoms with E-state index in [0.29, 0.717) is 6.42 Å². The Kier molecular flexibility index (Phi) is 13.4. The fraction of sp³-hybridized carbons (Fsp3) is 0.647. The molecule has 0 aliphatic carbocycles. The van der Waals surface area contributed by atoms with Crippen LogP contribution in [0.3, 0.4) is 0 Å². The number of nitrogens with zero attached hydrogens (tertiary/aromatic N) is 1. The summed E-state index contributed by atoms with van der Waals surface area (Å²) < 4.78 is 0. The number of aliphatic imine (C=N–C) groups is 1. The number of guanidine groups is 1. The third-order valence-electron chi connectivity index (χ3n) is 4.13. The first-order chi connectivity index (χ1) is 14.9. The van der Waals surface area contributed by atoms with E-state index in [1.54, 1.807) is 0 Å². The molecule has 3 amide bonds. The SMILES string of the molecule is CC(NC(=O)C(CS)NC(=O)C(N)CCC(=O)O)C(=O)NC(CCCN=C(N)N)C(=O)O. The Labute approximate surface area is 190 Å². The minimum atomic E-state index is -1.27. The van der Waals surface area contributed by atoms with Crippen LogP contribution < -0.4 is 33.2 Å². The van der Waals surface area contributed by atoms with Crippen LogP contribution in [0.15, 0.2) is 4.99 Å². The molecule has 15 heteroatoms. The van der Waals surface area contributed by atoms with Crippen LogP contribution >= 0.6 is 12.6 Å². The monoisotopic (exact) mass is 477 g/mol. The van der Waals surface area contributed by atoms with E-state index in [-0.39, 0.29) is 37.5 Å². The summed E-state index contributed by atoms with van der Waals surface area (Å²) in [6, 6.07) is -4.63. The molecule has 0 radical (unpaired) electrons. The number of nitrogens with two attached hydrogens (primary N) is 3. The Morgan fingerprint density at radius 2 is 1.53 bits per heavy atom. The minimum Gasteiger partial charge on any atom is -0.481 e. The Hall–Kier alpha value is -3.07. The van der Waals surface area contributed by atoms with Crippen LogP contribution in [0.1, 0.15) is 32.6 Å². The van der Waals surface area contributed by atoms with Crippen molar-refractivity contribution >= 4 is 48.2 Å². The zero-order valence-electron chi connectivity index (χ0n) is 17.6. The average Bonchev–Trinajstić information content (AvgIpc) is 2.71. The molecule has 14 nitrogen and oxygen atoms in total. The number of hydrogen-bond acceptors (Lipinski definition) is 8. The number of carboxylic acid groups (broad SMARTS) is 2. The van der Waals surface area contributed by atoms with Gasteiger partial charge in [0, 0.05) is 18.7 Å². The molecule has 0 aliphatic heterocycles. The molecule has 4 unspecified atom stereocenters. The molecule has 32 heavy (non-hydrogen) atoms. The maximum atomic E-state index is 12.4. The van der Waals surface area contributed by atoms with Gasteiger partial charge >= 0.3 is 11.9 Å². The van der Waals surface area contributed by atoms with E-state index < -0.39 is 53.8 Å². The van der Waals surface area contributed by atoms with E-state index in [1.165, 1.54) is 6.92 Å². The van der Waals surface area contributed by atoms with Gasteiger partial charge in [0.15, 0.2) is 5.96 Å². The summed E-state index contributed by atoms with van der Waals surface area (Å²) in [5.41, 5.74) is 16.0. The standard InChI is InChI=1S/C17H31N7O7S/c1-8(13(27)23-10(16(30)31)3-2-6-21-17(19)20)22-15(29)11(7-32)24-14(28)9(18)4-5-12(25)26/h8-11,32H,2-7,18H2,1H3,(H,22,29)(H,23,27)(H,24,28)(H,25,26)(H,30,31)(H4,19,20,21). The average molecular weight is 478 g/mol. The summed E-state index contributed by atoms with van der Waals surface area (Å²) >= 11 is 3.98. The van der Waals surface area contributed by atoms with Gasteiger partial charge in [-0.3, -0.25) is 24.2 Å². The molecule has 0 aromatic rings. The molecule has 0 aromatic carbocycles.